The third kappa shape index (κ3) is 3.04. The quantitative estimate of drug-likeness (QED) is 0.884. The zero-order valence-electron chi connectivity index (χ0n) is 10.4. The molecule has 0 radical (unpaired) electrons. The number of carbonyl (C=O) groups excluding carboxylic acids is 1. The molecule has 0 aliphatic heterocycles. The van der Waals surface area contributed by atoms with E-state index >= 15 is 0 Å². The molecule has 0 saturated carbocycles. The maximum absolute atomic E-state index is 12.0. The van der Waals surface area contributed by atoms with Gasteiger partial charge in [-0.3, -0.25) is 4.79 Å². The fourth-order valence-corrected chi connectivity index (χ4v) is 1.76. The van der Waals surface area contributed by atoms with E-state index in [1.165, 1.54) is 15.5 Å². The molecule has 0 fully saturated rings. The summed E-state index contributed by atoms with van der Waals surface area (Å²) in [6.07, 6.45) is 4.69. The molecule has 0 unspecified atom stereocenters. The summed E-state index contributed by atoms with van der Waals surface area (Å²) in [5.74, 6) is -1.21. The van der Waals surface area contributed by atoms with Crippen LogP contribution in [-0.4, -0.2) is 33.5 Å². The lowest BCUT2D eigenvalue weighted by atomic mass is 10.3. The van der Waals surface area contributed by atoms with Gasteiger partial charge in [0.2, 0.25) is 5.91 Å². The Hall–Kier alpha value is -2.50. The first-order valence-electron chi connectivity index (χ1n) is 5.71. The van der Waals surface area contributed by atoms with E-state index in [0.717, 1.165) is 5.56 Å². The van der Waals surface area contributed by atoms with Crippen molar-refractivity contribution in [3.63, 3.8) is 0 Å². The first-order chi connectivity index (χ1) is 9.08. The number of carbonyl (C=O) groups is 2. The molecule has 6 heteroatoms. The molecule has 100 valence electrons. The van der Waals surface area contributed by atoms with E-state index in [-0.39, 0.29) is 18.1 Å². The monoisotopic (exact) mass is 262 g/mol. The van der Waals surface area contributed by atoms with Gasteiger partial charge in [-0.2, -0.15) is 0 Å². The first-order valence-corrected chi connectivity index (χ1v) is 5.71. The van der Waals surface area contributed by atoms with Crippen molar-refractivity contribution < 1.29 is 19.1 Å². The van der Waals surface area contributed by atoms with Gasteiger partial charge in [0.05, 0.1) is 12.5 Å². The molecule has 19 heavy (non-hydrogen) atoms. The predicted molar refractivity (Wildman–Crippen MR) is 66.6 cm³/mol. The number of rotatable bonds is 5. The number of amides is 1. The summed E-state index contributed by atoms with van der Waals surface area (Å²) in [6.45, 7) is 0.433. The van der Waals surface area contributed by atoms with E-state index < -0.39 is 5.97 Å². The van der Waals surface area contributed by atoms with Crippen molar-refractivity contribution in [2.75, 3.05) is 7.05 Å². The summed E-state index contributed by atoms with van der Waals surface area (Å²) in [5.41, 5.74) is 0.992. The third-order valence-corrected chi connectivity index (χ3v) is 2.78. The molecule has 2 rings (SSSR count). The Bertz CT molecular complexity index is 571. The molecule has 0 spiro atoms. The molecule has 1 N–H and O–H groups in total. The Labute approximate surface area is 109 Å². The lowest BCUT2D eigenvalue weighted by Crippen LogP contribution is -2.30. The highest BCUT2D eigenvalue weighted by Crippen LogP contribution is 2.07. The molecule has 0 aliphatic carbocycles. The number of aromatic carboxylic acids is 1. The van der Waals surface area contributed by atoms with Gasteiger partial charge in [0.15, 0.2) is 0 Å². The number of hydrogen-bond donors (Lipinski definition) is 1. The van der Waals surface area contributed by atoms with Crippen LogP contribution in [0, 0.1) is 0 Å². The molecule has 6 nitrogen and oxygen atoms in total. The van der Waals surface area contributed by atoms with Gasteiger partial charge >= 0.3 is 5.97 Å². The summed E-state index contributed by atoms with van der Waals surface area (Å²) in [4.78, 5) is 24.4. The van der Waals surface area contributed by atoms with Gasteiger partial charge < -0.3 is 19.0 Å². The molecule has 2 aromatic rings. The molecule has 0 atom stereocenters. The first kappa shape index (κ1) is 12.9. The van der Waals surface area contributed by atoms with E-state index in [9.17, 15) is 9.59 Å². The van der Waals surface area contributed by atoms with E-state index in [1.54, 1.807) is 37.9 Å². The van der Waals surface area contributed by atoms with E-state index in [4.69, 9.17) is 9.52 Å². The van der Waals surface area contributed by atoms with Gasteiger partial charge in [0.1, 0.15) is 12.2 Å². The molecule has 1 amide bonds. The number of carboxylic acid groups (broad SMARTS) is 1. The van der Waals surface area contributed by atoms with Crippen LogP contribution in [0.3, 0.4) is 0 Å². The Morgan fingerprint density at radius 1 is 1.42 bits per heavy atom. The SMILES string of the molecule is CN(Cc1ccoc1)C(=O)Cn1cccc1C(=O)O. The second-order valence-electron chi connectivity index (χ2n) is 4.21. The highest BCUT2D eigenvalue weighted by atomic mass is 16.4. The molecule has 0 aromatic carbocycles. The maximum atomic E-state index is 12.0. The van der Waals surface area contributed by atoms with Crippen LogP contribution >= 0.6 is 0 Å². The van der Waals surface area contributed by atoms with E-state index in [0.29, 0.717) is 6.54 Å². The fraction of sp³-hybridized carbons (Fsp3) is 0.231. The average Bonchev–Trinajstić information content (AvgIpc) is 2.99. The molecule has 0 saturated heterocycles. The van der Waals surface area contributed by atoms with Crippen LogP contribution in [0.4, 0.5) is 0 Å². The van der Waals surface area contributed by atoms with Crippen molar-refractivity contribution in [2.45, 2.75) is 13.1 Å². The van der Waals surface area contributed by atoms with Crippen molar-refractivity contribution >= 4 is 11.9 Å². The fourth-order valence-electron chi connectivity index (χ4n) is 1.76. The highest BCUT2D eigenvalue weighted by molar-refractivity contribution is 5.86. The topological polar surface area (TPSA) is 75.7 Å². The molecular formula is C13H14N2O4. The summed E-state index contributed by atoms with van der Waals surface area (Å²) in [7, 11) is 1.67. The van der Waals surface area contributed by atoms with Gasteiger partial charge in [-0.05, 0) is 18.2 Å². The number of aromatic nitrogens is 1. The van der Waals surface area contributed by atoms with Gasteiger partial charge in [0.25, 0.3) is 0 Å². The van der Waals surface area contributed by atoms with Crippen LogP contribution in [0.5, 0.6) is 0 Å². The minimum atomic E-state index is -1.05. The van der Waals surface area contributed by atoms with Crippen molar-refractivity contribution in [2.24, 2.45) is 0 Å². The Balaban J connectivity index is 2.00. The van der Waals surface area contributed by atoms with Gasteiger partial charge in [-0.25, -0.2) is 4.79 Å². The molecule has 2 heterocycles. The number of likely N-dealkylation sites (N-methyl/N-ethyl adjacent to an activating group) is 1. The highest BCUT2D eigenvalue weighted by Gasteiger charge is 2.14. The van der Waals surface area contributed by atoms with Crippen LogP contribution in [0.2, 0.25) is 0 Å². The van der Waals surface area contributed by atoms with Crippen LogP contribution in [-0.2, 0) is 17.9 Å². The second kappa shape index (κ2) is 5.43. The smallest absolute Gasteiger partial charge is 0.352 e. The largest absolute Gasteiger partial charge is 0.477 e. The van der Waals surface area contributed by atoms with Crippen LogP contribution in [0.1, 0.15) is 16.1 Å². The van der Waals surface area contributed by atoms with Crippen molar-refractivity contribution in [1.82, 2.24) is 9.47 Å². The Morgan fingerprint density at radius 3 is 2.84 bits per heavy atom. The summed E-state index contributed by atoms with van der Waals surface area (Å²) in [6, 6.07) is 4.85. The number of furan rings is 1. The lowest BCUT2D eigenvalue weighted by molar-refractivity contribution is -0.131. The standard InChI is InChI=1S/C13H14N2O4/c1-14(7-10-4-6-19-9-10)12(16)8-15-5-2-3-11(15)13(17)18/h2-6,9H,7-8H2,1H3,(H,17,18). The predicted octanol–water partition coefficient (Wildman–Crippen LogP) is 1.44. The average molecular weight is 262 g/mol. The third-order valence-electron chi connectivity index (χ3n) is 2.78. The number of carboxylic acids is 1. The Morgan fingerprint density at radius 2 is 2.21 bits per heavy atom. The molecule has 0 bridgehead atoms. The van der Waals surface area contributed by atoms with E-state index in [2.05, 4.69) is 0 Å². The normalized spacial score (nSPS) is 10.4. The minimum Gasteiger partial charge on any atom is -0.477 e. The van der Waals surface area contributed by atoms with Crippen molar-refractivity contribution in [1.29, 1.82) is 0 Å². The van der Waals surface area contributed by atoms with Crippen molar-refractivity contribution in [3.8, 4) is 0 Å². The summed E-state index contributed by atoms with van der Waals surface area (Å²) >= 11 is 0. The molecular weight excluding hydrogens is 248 g/mol. The van der Waals surface area contributed by atoms with Crippen LogP contribution < -0.4 is 0 Å². The Kier molecular flexibility index (Phi) is 3.70. The van der Waals surface area contributed by atoms with Gasteiger partial charge in [-0.15, -0.1) is 0 Å². The lowest BCUT2D eigenvalue weighted by Gasteiger charge is -2.17. The zero-order chi connectivity index (χ0) is 13.8. The molecule has 0 aliphatic rings. The number of hydrogen-bond acceptors (Lipinski definition) is 3. The van der Waals surface area contributed by atoms with E-state index in [1.807, 2.05) is 0 Å². The summed E-state index contributed by atoms with van der Waals surface area (Å²) in [5, 5.41) is 8.96. The van der Waals surface area contributed by atoms with Gasteiger partial charge in [-0.1, -0.05) is 0 Å². The molecule has 2 aromatic heterocycles. The van der Waals surface area contributed by atoms with Crippen LogP contribution in [0.15, 0.2) is 41.3 Å². The maximum Gasteiger partial charge on any atom is 0.352 e. The van der Waals surface area contributed by atoms with Crippen LogP contribution in [0.25, 0.3) is 0 Å². The van der Waals surface area contributed by atoms with Crippen molar-refractivity contribution in [3.05, 3.63) is 48.2 Å². The van der Waals surface area contributed by atoms with Gasteiger partial charge in [0, 0.05) is 25.4 Å². The minimum absolute atomic E-state index is 0.00296. The zero-order valence-corrected chi connectivity index (χ0v) is 10.4. The summed E-state index contributed by atoms with van der Waals surface area (Å²) < 4.78 is 6.34. The number of nitrogens with zero attached hydrogens (tertiary/aromatic N) is 2. The second-order valence-corrected chi connectivity index (χ2v) is 4.21.